The molecule has 110 valence electrons. The lowest BCUT2D eigenvalue weighted by Crippen LogP contribution is -2.27. The summed E-state index contributed by atoms with van der Waals surface area (Å²) in [5.41, 5.74) is 2.23. The molecule has 21 heavy (non-hydrogen) atoms. The number of amides is 1. The van der Waals surface area contributed by atoms with Crippen LogP contribution < -0.4 is 5.32 Å². The molecule has 1 amide bonds. The summed E-state index contributed by atoms with van der Waals surface area (Å²) in [7, 11) is 1.75. The molecule has 0 radical (unpaired) electrons. The minimum Gasteiger partial charge on any atom is -0.384 e. The van der Waals surface area contributed by atoms with Gasteiger partial charge in [0.2, 0.25) is 0 Å². The number of carbonyl (C=O) groups excluding carboxylic acids is 1. The van der Waals surface area contributed by atoms with E-state index in [1.807, 2.05) is 24.3 Å². The third-order valence-corrected chi connectivity index (χ3v) is 3.03. The van der Waals surface area contributed by atoms with E-state index in [1.165, 1.54) is 0 Å². The van der Waals surface area contributed by atoms with E-state index < -0.39 is 0 Å². The van der Waals surface area contributed by atoms with E-state index in [4.69, 9.17) is 0 Å². The van der Waals surface area contributed by atoms with E-state index in [0.29, 0.717) is 12.2 Å². The average Bonchev–Trinajstić information content (AvgIpc) is 2.53. The van der Waals surface area contributed by atoms with Gasteiger partial charge in [-0.2, -0.15) is 0 Å². The molecule has 0 aliphatic rings. The van der Waals surface area contributed by atoms with Gasteiger partial charge in [0.05, 0.1) is 24.1 Å². The molecule has 0 bridgehead atoms. The summed E-state index contributed by atoms with van der Waals surface area (Å²) < 4.78 is 0. The van der Waals surface area contributed by atoms with Crippen LogP contribution in [0.25, 0.3) is 0 Å². The number of hydrogen-bond acceptors (Lipinski definition) is 4. The van der Waals surface area contributed by atoms with E-state index in [9.17, 15) is 4.79 Å². The van der Waals surface area contributed by atoms with Crippen molar-refractivity contribution in [2.75, 3.05) is 18.9 Å². The van der Waals surface area contributed by atoms with Gasteiger partial charge in [-0.05, 0) is 30.7 Å². The zero-order chi connectivity index (χ0) is 15.1. The summed E-state index contributed by atoms with van der Waals surface area (Å²) in [4.78, 5) is 22.3. The predicted molar refractivity (Wildman–Crippen MR) is 83.1 cm³/mol. The standard InChI is InChI=1S/C16H20N4O/c1-3-9-17-13-7-8-15(19-11-13)16(21)20(2)12-14-6-4-5-10-18-14/h4-8,10-11,17H,3,9,12H2,1-2H3. The molecule has 2 rings (SSSR count). The average molecular weight is 284 g/mol. The van der Waals surface area contributed by atoms with E-state index in [1.54, 1.807) is 30.4 Å². The molecule has 0 aliphatic heterocycles. The highest BCUT2D eigenvalue weighted by Gasteiger charge is 2.13. The van der Waals surface area contributed by atoms with E-state index in [-0.39, 0.29) is 5.91 Å². The van der Waals surface area contributed by atoms with Crippen molar-refractivity contribution < 1.29 is 4.79 Å². The Hall–Kier alpha value is -2.43. The van der Waals surface area contributed by atoms with Gasteiger partial charge in [-0.1, -0.05) is 13.0 Å². The fraction of sp³-hybridized carbons (Fsp3) is 0.312. The first-order valence-electron chi connectivity index (χ1n) is 7.06. The van der Waals surface area contributed by atoms with Crippen molar-refractivity contribution in [3.05, 3.63) is 54.1 Å². The molecule has 2 aromatic heterocycles. The highest BCUT2D eigenvalue weighted by molar-refractivity contribution is 5.92. The topological polar surface area (TPSA) is 58.1 Å². The van der Waals surface area contributed by atoms with Gasteiger partial charge in [-0.3, -0.25) is 9.78 Å². The number of aromatic nitrogens is 2. The van der Waals surface area contributed by atoms with Crippen LogP contribution in [0.15, 0.2) is 42.7 Å². The maximum absolute atomic E-state index is 12.3. The zero-order valence-electron chi connectivity index (χ0n) is 12.4. The molecule has 5 nitrogen and oxygen atoms in total. The van der Waals surface area contributed by atoms with Gasteiger partial charge < -0.3 is 10.2 Å². The molecule has 0 aliphatic carbocycles. The number of carbonyl (C=O) groups is 1. The SMILES string of the molecule is CCCNc1ccc(C(=O)N(C)Cc2ccccn2)nc1. The Morgan fingerprint density at radius 1 is 1.24 bits per heavy atom. The minimum atomic E-state index is -0.109. The highest BCUT2D eigenvalue weighted by atomic mass is 16.2. The molecule has 0 saturated heterocycles. The molecule has 0 saturated carbocycles. The Morgan fingerprint density at radius 2 is 2.10 bits per heavy atom. The normalized spacial score (nSPS) is 10.2. The first-order chi connectivity index (χ1) is 10.2. The monoisotopic (exact) mass is 284 g/mol. The van der Waals surface area contributed by atoms with Gasteiger partial charge >= 0.3 is 0 Å². The molecular weight excluding hydrogens is 264 g/mol. The summed E-state index contributed by atoms with van der Waals surface area (Å²) >= 11 is 0. The van der Waals surface area contributed by atoms with Crippen molar-refractivity contribution >= 4 is 11.6 Å². The van der Waals surface area contributed by atoms with E-state index >= 15 is 0 Å². The van der Waals surface area contributed by atoms with Crippen LogP contribution >= 0.6 is 0 Å². The van der Waals surface area contributed by atoms with Crippen LogP contribution in [-0.2, 0) is 6.54 Å². The second-order valence-corrected chi connectivity index (χ2v) is 4.84. The summed E-state index contributed by atoms with van der Waals surface area (Å²) in [5.74, 6) is -0.109. The van der Waals surface area contributed by atoms with Gasteiger partial charge in [-0.25, -0.2) is 4.98 Å². The molecule has 1 N–H and O–H groups in total. The van der Waals surface area contributed by atoms with E-state index in [0.717, 1.165) is 24.3 Å². The third kappa shape index (κ3) is 4.27. The van der Waals surface area contributed by atoms with Crippen LogP contribution in [0.2, 0.25) is 0 Å². The smallest absolute Gasteiger partial charge is 0.272 e. The largest absolute Gasteiger partial charge is 0.384 e. The second-order valence-electron chi connectivity index (χ2n) is 4.84. The summed E-state index contributed by atoms with van der Waals surface area (Å²) in [5, 5.41) is 3.23. The van der Waals surface area contributed by atoms with Crippen LogP contribution in [0.5, 0.6) is 0 Å². The highest BCUT2D eigenvalue weighted by Crippen LogP contribution is 2.09. The van der Waals surface area contributed by atoms with Crippen molar-refractivity contribution in [3.8, 4) is 0 Å². The molecular formula is C16H20N4O. The summed E-state index contributed by atoms with van der Waals surface area (Å²) in [6.07, 6.45) is 4.46. The van der Waals surface area contributed by atoms with E-state index in [2.05, 4.69) is 22.2 Å². The Kier molecular flexibility index (Phi) is 5.26. The Morgan fingerprint density at radius 3 is 2.71 bits per heavy atom. The van der Waals surface area contributed by atoms with Crippen molar-refractivity contribution in [3.63, 3.8) is 0 Å². The summed E-state index contributed by atoms with van der Waals surface area (Å²) in [6, 6.07) is 9.29. The minimum absolute atomic E-state index is 0.109. The first kappa shape index (κ1) is 15.0. The van der Waals surface area contributed by atoms with Gasteiger partial charge in [-0.15, -0.1) is 0 Å². The van der Waals surface area contributed by atoms with Gasteiger partial charge in [0, 0.05) is 19.8 Å². The lowest BCUT2D eigenvalue weighted by atomic mass is 10.2. The molecule has 0 aromatic carbocycles. The molecule has 5 heteroatoms. The number of nitrogens with one attached hydrogen (secondary N) is 1. The van der Waals surface area contributed by atoms with Crippen molar-refractivity contribution in [2.24, 2.45) is 0 Å². The number of hydrogen-bond donors (Lipinski definition) is 1. The van der Waals surface area contributed by atoms with Gasteiger partial charge in [0.15, 0.2) is 0 Å². The number of anilines is 1. The van der Waals surface area contributed by atoms with Crippen LogP contribution in [0.3, 0.4) is 0 Å². The van der Waals surface area contributed by atoms with Crippen molar-refractivity contribution in [1.82, 2.24) is 14.9 Å². The van der Waals surface area contributed by atoms with Crippen molar-refractivity contribution in [1.29, 1.82) is 0 Å². The maximum atomic E-state index is 12.3. The molecule has 0 fully saturated rings. The van der Waals surface area contributed by atoms with Gasteiger partial charge in [0.1, 0.15) is 5.69 Å². The first-order valence-corrected chi connectivity index (χ1v) is 7.06. The Labute approximate surface area is 125 Å². The van der Waals surface area contributed by atoms with Crippen LogP contribution in [0.1, 0.15) is 29.5 Å². The fourth-order valence-electron chi connectivity index (χ4n) is 1.90. The molecule has 0 spiro atoms. The van der Waals surface area contributed by atoms with Crippen LogP contribution in [0, 0.1) is 0 Å². The number of nitrogens with zero attached hydrogens (tertiary/aromatic N) is 3. The lowest BCUT2D eigenvalue weighted by Gasteiger charge is -2.16. The maximum Gasteiger partial charge on any atom is 0.272 e. The third-order valence-electron chi connectivity index (χ3n) is 3.03. The zero-order valence-corrected chi connectivity index (χ0v) is 12.4. The van der Waals surface area contributed by atoms with Gasteiger partial charge in [0.25, 0.3) is 5.91 Å². The summed E-state index contributed by atoms with van der Waals surface area (Å²) in [6.45, 7) is 3.47. The van der Waals surface area contributed by atoms with Crippen LogP contribution in [-0.4, -0.2) is 34.4 Å². The second kappa shape index (κ2) is 7.38. The fourth-order valence-corrected chi connectivity index (χ4v) is 1.90. The lowest BCUT2D eigenvalue weighted by molar-refractivity contribution is 0.0777. The van der Waals surface area contributed by atoms with Crippen LogP contribution in [0.4, 0.5) is 5.69 Å². The molecule has 2 heterocycles. The Bertz CT molecular complexity index is 569. The quantitative estimate of drug-likeness (QED) is 0.885. The number of pyridine rings is 2. The molecule has 0 unspecified atom stereocenters. The Balaban J connectivity index is 1.98. The predicted octanol–water partition coefficient (Wildman–Crippen LogP) is 2.57. The molecule has 2 aromatic rings. The molecule has 0 atom stereocenters. The number of rotatable bonds is 6. The van der Waals surface area contributed by atoms with Crippen molar-refractivity contribution in [2.45, 2.75) is 19.9 Å².